The monoisotopic (exact) mass is 262 g/mol. The van der Waals surface area contributed by atoms with E-state index in [0.717, 1.165) is 0 Å². The van der Waals surface area contributed by atoms with Gasteiger partial charge in [0.25, 0.3) is 0 Å². The lowest BCUT2D eigenvalue weighted by Gasteiger charge is -2.42. The summed E-state index contributed by atoms with van der Waals surface area (Å²) >= 11 is 0. The van der Waals surface area contributed by atoms with Gasteiger partial charge < -0.3 is 0 Å². The Hall–Kier alpha value is -0.610. The van der Waals surface area contributed by atoms with Crippen LogP contribution in [-0.4, -0.2) is 10.3 Å². The Balaban J connectivity index is 3.08. The van der Waals surface area contributed by atoms with Crippen molar-refractivity contribution >= 4 is 14.0 Å². The van der Waals surface area contributed by atoms with Gasteiger partial charge in [-0.15, -0.1) is 0 Å². The highest BCUT2D eigenvalue weighted by molar-refractivity contribution is 7.60. The Morgan fingerprint density at radius 1 is 1.00 bits per heavy atom. The van der Waals surface area contributed by atoms with Crippen LogP contribution < -0.4 is 0 Å². The summed E-state index contributed by atoms with van der Waals surface area (Å²) < 4.78 is 0. The summed E-state index contributed by atoms with van der Waals surface area (Å²) in [4.78, 5) is 0. The summed E-state index contributed by atoms with van der Waals surface area (Å²) in [5.74, 6) is 0. The molecule has 0 aliphatic heterocycles. The maximum absolute atomic E-state index is 3.93. The molecule has 0 spiro atoms. The van der Waals surface area contributed by atoms with Crippen LogP contribution in [0.2, 0.25) is 0 Å². The van der Waals surface area contributed by atoms with Crippen LogP contribution in [0.4, 0.5) is 0 Å². The molecular formula is C17H27P. The third-order valence-corrected chi connectivity index (χ3v) is 7.12. The zero-order valence-electron chi connectivity index (χ0n) is 12.7. The van der Waals surface area contributed by atoms with Crippen molar-refractivity contribution in [3.8, 4) is 0 Å². The summed E-state index contributed by atoms with van der Waals surface area (Å²) in [5, 5.41) is 0.754. The van der Waals surface area contributed by atoms with Crippen LogP contribution in [0.25, 0.3) is 6.08 Å². The van der Waals surface area contributed by atoms with Crippen molar-refractivity contribution in [1.82, 2.24) is 0 Å². The number of hydrogen-bond acceptors (Lipinski definition) is 0. The highest BCUT2D eigenvalue weighted by Crippen LogP contribution is 2.61. The molecule has 0 saturated heterocycles. The maximum Gasteiger partial charge on any atom is -0.00578 e. The predicted molar refractivity (Wildman–Crippen MR) is 86.7 cm³/mol. The fraction of sp³-hybridized carbons (Fsp3) is 0.529. The van der Waals surface area contributed by atoms with Crippen LogP contribution in [0, 0.1) is 0 Å². The van der Waals surface area contributed by atoms with Crippen molar-refractivity contribution in [3.05, 3.63) is 42.0 Å². The van der Waals surface area contributed by atoms with E-state index in [1.165, 1.54) is 17.3 Å². The van der Waals surface area contributed by atoms with Gasteiger partial charge in [-0.05, 0) is 27.6 Å². The Bertz CT molecular complexity index is 390. The van der Waals surface area contributed by atoms with Crippen molar-refractivity contribution in [2.24, 2.45) is 0 Å². The standard InChI is InChI=1S/C17H27P/c1-8-14-11-9-10-12-15(14)13-18(16(2,3)4)17(5,6)7/h8-12H,1,13H2,2-7H3. The molecule has 0 atom stereocenters. The van der Waals surface area contributed by atoms with Crippen molar-refractivity contribution in [1.29, 1.82) is 0 Å². The molecule has 1 heteroatoms. The van der Waals surface area contributed by atoms with Crippen molar-refractivity contribution in [2.45, 2.75) is 58.0 Å². The van der Waals surface area contributed by atoms with E-state index in [2.05, 4.69) is 72.4 Å². The molecule has 0 aliphatic carbocycles. The fourth-order valence-corrected chi connectivity index (χ4v) is 6.12. The molecule has 0 aliphatic rings. The molecule has 0 heterocycles. The minimum atomic E-state index is -0.0887. The molecule has 0 amide bonds. The van der Waals surface area contributed by atoms with Gasteiger partial charge in [0.2, 0.25) is 0 Å². The molecule has 0 aromatic heterocycles. The third kappa shape index (κ3) is 3.95. The first-order chi connectivity index (χ1) is 8.16. The van der Waals surface area contributed by atoms with E-state index in [4.69, 9.17) is 0 Å². The lowest BCUT2D eigenvalue weighted by molar-refractivity contribution is 0.702. The molecule has 1 rings (SSSR count). The highest BCUT2D eigenvalue weighted by atomic mass is 31.1. The Morgan fingerprint density at radius 3 is 1.94 bits per heavy atom. The van der Waals surface area contributed by atoms with E-state index >= 15 is 0 Å². The van der Waals surface area contributed by atoms with E-state index in [1.54, 1.807) is 0 Å². The van der Waals surface area contributed by atoms with Gasteiger partial charge in [0.05, 0.1) is 0 Å². The fourth-order valence-electron chi connectivity index (χ4n) is 2.53. The average Bonchev–Trinajstić information content (AvgIpc) is 2.23. The highest BCUT2D eigenvalue weighted by Gasteiger charge is 2.34. The molecule has 0 unspecified atom stereocenters. The molecule has 0 bridgehead atoms. The Labute approximate surface area is 114 Å². The van der Waals surface area contributed by atoms with E-state index < -0.39 is 0 Å². The molecule has 0 nitrogen and oxygen atoms in total. The normalized spacial score (nSPS) is 12.8. The van der Waals surface area contributed by atoms with Gasteiger partial charge in [0.15, 0.2) is 0 Å². The third-order valence-electron chi connectivity index (χ3n) is 3.22. The largest absolute Gasteiger partial charge is 0.0985 e. The summed E-state index contributed by atoms with van der Waals surface area (Å²) in [7, 11) is -0.0887. The predicted octanol–water partition coefficient (Wildman–Crippen LogP) is 5.91. The maximum atomic E-state index is 3.93. The lowest BCUT2D eigenvalue weighted by atomic mass is 10.1. The van der Waals surface area contributed by atoms with E-state index in [1.807, 2.05) is 6.08 Å². The SMILES string of the molecule is C=Cc1ccccc1CP(C(C)(C)C)C(C)(C)C. The summed E-state index contributed by atoms with van der Waals surface area (Å²) in [6, 6.07) is 8.66. The van der Waals surface area contributed by atoms with E-state index in [0.29, 0.717) is 10.3 Å². The van der Waals surface area contributed by atoms with Crippen LogP contribution in [0.15, 0.2) is 30.8 Å². The Morgan fingerprint density at radius 2 is 1.50 bits per heavy atom. The molecule has 0 fully saturated rings. The second-order valence-corrected chi connectivity index (χ2v) is 10.7. The van der Waals surface area contributed by atoms with Crippen LogP contribution in [-0.2, 0) is 6.16 Å². The van der Waals surface area contributed by atoms with Gasteiger partial charge in [-0.1, -0.05) is 86.4 Å². The zero-order valence-corrected chi connectivity index (χ0v) is 13.6. The van der Waals surface area contributed by atoms with Gasteiger partial charge in [0.1, 0.15) is 0 Å². The second kappa shape index (κ2) is 5.57. The van der Waals surface area contributed by atoms with Crippen LogP contribution in [0.5, 0.6) is 0 Å². The number of rotatable bonds is 3. The quantitative estimate of drug-likeness (QED) is 0.594. The van der Waals surface area contributed by atoms with Crippen molar-refractivity contribution in [2.75, 3.05) is 0 Å². The molecule has 18 heavy (non-hydrogen) atoms. The van der Waals surface area contributed by atoms with E-state index in [-0.39, 0.29) is 7.92 Å². The molecule has 0 saturated carbocycles. The molecule has 1 aromatic rings. The summed E-state index contributed by atoms with van der Waals surface area (Å²) in [5.41, 5.74) is 2.74. The molecular weight excluding hydrogens is 235 g/mol. The number of hydrogen-bond donors (Lipinski definition) is 0. The van der Waals surface area contributed by atoms with Gasteiger partial charge in [0, 0.05) is 0 Å². The van der Waals surface area contributed by atoms with Crippen LogP contribution >= 0.6 is 7.92 Å². The van der Waals surface area contributed by atoms with Crippen molar-refractivity contribution in [3.63, 3.8) is 0 Å². The van der Waals surface area contributed by atoms with Gasteiger partial charge in [-0.2, -0.15) is 0 Å². The first kappa shape index (κ1) is 15.4. The van der Waals surface area contributed by atoms with Gasteiger partial charge in [-0.25, -0.2) is 0 Å². The van der Waals surface area contributed by atoms with Crippen LogP contribution in [0.3, 0.4) is 0 Å². The minimum Gasteiger partial charge on any atom is -0.0985 e. The second-order valence-electron chi connectivity index (χ2n) is 6.83. The topological polar surface area (TPSA) is 0 Å². The molecule has 0 radical (unpaired) electrons. The van der Waals surface area contributed by atoms with Gasteiger partial charge >= 0.3 is 0 Å². The Kier molecular flexibility index (Phi) is 4.78. The summed E-state index contributed by atoms with van der Waals surface area (Å²) in [6.45, 7) is 18.2. The van der Waals surface area contributed by atoms with E-state index in [9.17, 15) is 0 Å². The average molecular weight is 262 g/mol. The molecule has 1 aromatic carbocycles. The van der Waals surface area contributed by atoms with Crippen LogP contribution in [0.1, 0.15) is 52.7 Å². The molecule has 100 valence electrons. The first-order valence-corrected chi connectivity index (χ1v) is 8.17. The lowest BCUT2D eigenvalue weighted by Crippen LogP contribution is -2.26. The summed E-state index contributed by atoms with van der Waals surface area (Å²) in [6.07, 6.45) is 3.17. The van der Waals surface area contributed by atoms with Gasteiger partial charge in [-0.3, -0.25) is 0 Å². The van der Waals surface area contributed by atoms with Crippen molar-refractivity contribution < 1.29 is 0 Å². The minimum absolute atomic E-state index is 0.0887. The molecule has 0 N–H and O–H groups in total. The smallest absolute Gasteiger partial charge is 0.00578 e. The first-order valence-electron chi connectivity index (χ1n) is 6.64. The number of benzene rings is 1. The zero-order chi connectivity index (χ0) is 14.0.